The molecule has 0 radical (unpaired) electrons. The van der Waals surface area contributed by atoms with Gasteiger partial charge >= 0.3 is 12.3 Å². The maximum Gasteiger partial charge on any atom is 0.573 e. The molecule has 1 amide bonds. The number of methoxy groups -OCH3 is 1. The van der Waals surface area contributed by atoms with Crippen molar-refractivity contribution in [2.45, 2.75) is 51.1 Å². The van der Waals surface area contributed by atoms with Crippen molar-refractivity contribution in [2.24, 2.45) is 11.8 Å². The summed E-state index contributed by atoms with van der Waals surface area (Å²) in [6.07, 6.45) is 1.07. The van der Waals surface area contributed by atoms with Gasteiger partial charge in [0.25, 0.3) is 5.91 Å². The summed E-state index contributed by atoms with van der Waals surface area (Å²) in [5.41, 5.74) is 3.15. The molecule has 0 aliphatic heterocycles. The molecule has 1 atom stereocenters. The first-order valence-corrected chi connectivity index (χ1v) is 12.9. The SMILES string of the molecule is C=C(/C=C(/c1ccc(OC(F)(F)F)cc1)N(N)Cc1ccc(C(=O)NCC(O)C(=O)OC)cc1)C1CCCCC1. The van der Waals surface area contributed by atoms with E-state index in [-0.39, 0.29) is 18.8 Å². The van der Waals surface area contributed by atoms with Gasteiger partial charge in [0.1, 0.15) is 5.75 Å². The van der Waals surface area contributed by atoms with E-state index in [1.165, 1.54) is 35.7 Å². The van der Waals surface area contributed by atoms with Gasteiger partial charge in [-0.3, -0.25) is 4.79 Å². The monoisotopic (exact) mass is 561 g/mol. The number of esters is 1. The highest BCUT2D eigenvalue weighted by Gasteiger charge is 2.31. The topological polar surface area (TPSA) is 114 Å². The summed E-state index contributed by atoms with van der Waals surface area (Å²) in [5.74, 6) is 5.12. The summed E-state index contributed by atoms with van der Waals surface area (Å²) < 4.78 is 46.3. The average molecular weight is 562 g/mol. The summed E-state index contributed by atoms with van der Waals surface area (Å²) in [4.78, 5) is 23.7. The van der Waals surface area contributed by atoms with Crippen molar-refractivity contribution in [1.82, 2.24) is 10.3 Å². The summed E-state index contributed by atoms with van der Waals surface area (Å²) in [5, 5.41) is 13.6. The first kappa shape index (κ1) is 30.7. The average Bonchev–Trinajstić information content (AvgIpc) is 2.94. The predicted octanol–water partition coefficient (Wildman–Crippen LogP) is 4.70. The van der Waals surface area contributed by atoms with Crippen molar-refractivity contribution in [3.05, 3.63) is 83.4 Å². The van der Waals surface area contributed by atoms with Gasteiger partial charge in [-0.25, -0.2) is 10.6 Å². The summed E-state index contributed by atoms with van der Waals surface area (Å²) in [6, 6.07) is 12.1. The molecule has 1 saturated carbocycles. The van der Waals surface area contributed by atoms with Gasteiger partial charge in [-0.2, -0.15) is 0 Å². The molecule has 216 valence electrons. The van der Waals surface area contributed by atoms with Gasteiger partial charge in [-0.15, -0.1) is 13.2 Å². The third-order valence-corrected chi connectivity index (χ3v) is 6.64. The van der Waals surface area contributed by atoms with Gasteiger partial charge in [0, 0.05) is 5.56 Å². The molecule has 2 aromatic rings. The number of amides is 1. The molecule has 2 aromatic carbocycles. The van der Waals surface area contributed by atoms with Gasteiger partial charge in [0.2, 0.25) is 0 Å². The molecular formula is C29H34F3N3O5. The van der Waals surface area contributed by atoms with E-state index in [0.29, 0.717) is 22.7 Å². The second kappa shape index (κ2) is 14.0. The number of carbonyl (C=O) groups excluding carboxylic acids is 2. The highest BCUT2D eigenvalue weighted by atomic mass is 19.4. The van der Waals surface area contributed by atoms with Crippen LogP contribution in [0, 0.1) is 5.92 Å². The molecule has 1 aliphatic rings. The van der Waals surface area contributed by atoms with E-state index in [1.54, 1.807) is 24.3 Å². The number of hydrogen-bond acceptors (Lipinski definition) is 7. The Morgan fingerprint density at radius 1 is 1.10 bits per heavy atom. The smallest absolute Gasteiger partial charge is 0.467 e. The number of aliphatic hydroxyl groups excluding tert-OH is 1. The van der Waals surface area contributed by atoms with Crippen LogP contribution in [-0.4, -0.2) is 48.1 Å². The number of hydrogen-bond donors (Lipinski definition) is 3. The second-order valence-electron chi connectivity index (χ2n) is 9.59. The van der Waals surface area contributed by atoms with E-state index in [9.17, 15) is 27.9 Å². The van der Waals surface area contributed by atoms with E-state index in [0.717, 1.165) is 43.9 Å². The maximum absolute atomic E-state index is 12.6. The number of nitrogens with zero attached hydrogens (tertiary/aromatic N) is 1. The van der Waals surface area contributed by atoms with Crippen molar-refractivity contribution in [3.8, 4) is 5.75 Å². The number of nitrogens with two attached hydrogens (primary N) is 1. The molecule has 1 unspecified atom stereocenters. The highest BCUT2D eigenvalue weighted by Crippen LogP contribution is 2.32. The number of ether oxygens (including phenoxy) is 2. The molecule has 3 rings (SSSR count). The van der Waals surface area contributed by atoms with Gasteiger partial charge in [0.05, 0.1) is 25.9 Å². The minimum Gasteiger partial charge on any atom is -0.467 e. The number of alkyl halides is 3. The van der Waals surface area contributed by atoms with Crippen LogP contribution >= 0.6 is 0 Å². The van der Waals surface area contributed by atoms with Crippen LogP contribution in [0.3, 0.4) is 0 Å². The van der Waals surface area contributed by atoms with E-state index < -0.39 is 24.3 Å². The van der Waals surface area contributed by atoms with Crippen LogP contribution in [0.15, 0.2) is 66.8 Å². The lowest BCUT2D eigenvalue weighted by molar-refractivity contribution is -0.274. The zero-order valence-corrected chi connectivity index (χ0v) is 22.2. The molecule has 1 aliphatic carbocycles. The van der Waals surface area contributed by atoms with Crippen molar-refractivity contribution in [3.63, 3.8) is 0 Å². The summed E-state index contributed by atoms with van der Waals surface area (Å²) >= 11 is 0. The molecule has 0 spiro atoms. The standard InChI is InChI=1S/C29H34F3N3O5/c1-19(21-6-4-3-5-7-21)16-25(22-12-14-24(15-13-22)40-29(30,31)32)35(33)18-20-8-10-23(11-9-20)27(37)34-17-26(36)28(38)39-2/h8-16,21,26,36H,1,3-7,17-18,33H2,2H3,(H,34,37)/b25-16-. The number of carbonyl (C=O) groups is 2. The van der Waals surface area contributed by atoms with Crippen LogP contribution in [-0.2, 0) is 16.1 Å². The van der Waals surface area contributed by atoms with Crippen LogP contribution in [0.5, 0.6) is 5.75 Å². The lowest BCUT2D eigenvalue weighted by Gasteiger charge is -2.26. The molecule has 40 heavy (non-hydrogen) atoms. The number of nitrogens with one attached hydrogen (secondary N) is 1. The quantitative estimate of drug-likeness (QED) is 0.158. The zero-order chi connectivity index (χ0) is 29.3. The number of halogens is 3. The highest BCUT2D eigenvalue weighted by molar-refractivity contribution is 5.94. The van der Waals surface area contributed by atoms with Crippen LogP contribution < -0.4 is 15.9 Å². The normalized spacial score (nSPS) is 15.2. The Morgan fingerprint density at radius 3 is 2.27 bits per heavy atom. The van der Waals surface area contributed by atoms with E-state index in [2.05, 4.69) is 21.4 Å². The predicted molar refractivity (Wildman–Crippen MR) is 143 cm³/mol. The lowest BCUT2D eigenvalue weighted by Crippen LogP contribution is -2.37. The van der Waals surface area contributed by atoms with Crippen LogP contribution in [0.25, 0.3) is 5.70 Å². The van der Waals surface area contributed by atoms with E-state index >= 15 is 0 Å². The molecule has 11 heteroatoms. The third kappa shape index (κ3) is 9.13. The Bertz CT molecular complexity index is 1190. The molecule has 4 N–H and O–H groups in total. The molecule has 1 fully saturated rings. The van der Waals surface area contributed by atoms with Crippen LogP contribution in [0.2, 0.25) is 0 Å². The van der Waals surface area contributed by atoms with Crippen molar-refractivity contribution in [2.75, 3.05) is 13.7 Å². The number of hydrazine groups is 1. The lowest BCUT2D eigenvalue weighted by atomic mass is 9.84. The fraction of sp³-hybridized carbons (Fsp3) is 0.379. The Morgan fingerprint density at radius 2 is 1.70 bits per heavy atom. The minimum atomic E-state index is -4.79. The maximum atomic E-state index is 12.6. The largest absolute Gasteiger partial charge is 0.573 e. The molecule has 0 bridgehead atoms. The molecule has 0 aromatic heterocycles. The Kier molecular flexibility index (Phi) is 10.7. The first-order chi connectivity index (χ1) is 19.0. The van der Waals surface area contributed by atoms with Crippen molar-refractivity contribution in [1.29, 1.82) is 0 Å². The number of benzene rings is 2. The van der Waals surface area contributed by atoms with E-state index in [1.807, 2.05) is 6.08 Å². The van der Waals surface area contributed by atoms with Gasteiger partial charge in [-0.1, -0.05) is 38.0 Å². The first-order valence-electron chi connectivity index (χ1n) is 12.9. The molecular weight excluding hydrogens is 527 g/mol. The number of aliphatic hydroxyl groups is 1. The molecule has 8 nitrogen and oxygen atoms in total. The van der Waals surface area contributed by atoms with E-state index in [4.69, 9.17) is 5.84 Å². The fourth-order valence-corrected chi connectivity index (χ4v) is 4.48. The second-order valence-corrected chi connectivity index (χ2v) is 9.59. The third-order valence-electron chi connectivity index (χ3n) is 6.64. The Labute approximate surface area is 231 Å². The van der Waals surface area contributed by atoms with Crippen molar-refractivity contribution >= 4 is 17.6 Å². The Hall–Kier alpha value is -3.83. The number of allylic oxidation sites excluding steroid dienone is 2. The van der Waals surface area contributed by atoms with Gasteiger partial charge < -0.3 is 24.9 Å². The Balaban J connectivity index is 1.75. The van der Waals surface area contributed by atoms with Gasteiger partial charge in [0.15, 0.2) is 6.10 Å². The number of rotatable bonds is 11. The van der Waals surface area contributed by atoms with Gasteiger partial charge in [-0.05, 0) is 77.9 Å². The summed E-state index contributed by atoms with van der Waals surface area (Å²) in [6.45, 7) is 4.19. The molecule has 0 saturated heterocycles. The minimum absolute atomic E-state index is 0.230. The fourth-order valence-electron chi connectivity index (χ4n) is 4.48. The zero-order valence-electron chi connectivity index (χ0n) is 22.2. The van der Waals surface area contributed by atoms with Crippen LogP contribution in [0.4, 0.5) is 13.2 Å². The van der Waals surface area contributed by atoms with Crippen LogP contribution in [0.1, 0.15) is 53.6 Å². The molecule has 0 heterocycles. The van der Waals surface area contributed by atoms with Crippen molar-refractivity contribution < 1.29 is 37.3 Å². The summed E-state index contributed by atoms with van der Waals surface area (Å²) in [7, 11) is 1.14.